The van der Waals surface area contributed by atoms with E-state index in [4.69, 9.17) is 0 Å². The maximum Gasteiger partial charge on any atom is 0.276 e. The third-order valence-electron chi connectivity index (χ3n) is 3.92. The molecule has 1 atom stereocenters. The van der Waals surface area contributed by atoms with Gasteiger partial charge < -0.3 is 14.4 Å². The van der Waals surface area contributed by atoms with Crippen molar-refractivity contribution in [3.63, 3.8) is 0 Å². The number of hydrogen-bond acceptors (Lipinski definition) is 5. The molecule has 0 saturated heterocycles. The number of benzene rings is 1. The summed E-state index contributed by atoms with van der Waals surface area (Å²) in [5, 5.41) is 11.3. The average molecular weight is 301 g/mol. The molecule has 1 aromatic heterocycles. The third-order valence-corrected chi connectivity index (χ3v) is 3.92. The molecule has 0 radical (unpaired) electrons. The van der Waals surface area contributed by atoms with Crippen molar-refractivity contribution in [3.05, 3.63) is 52.0 Å². The van der Waals surface area contributed by atoms with Crippen molar-refractivity contribution in [2.24, 2.45) is 7.05 Å². The highest BCUT2D eigenvalue weighted by Crippen LogP contribution is 2.38. The fourth-order valence-corrected chi connectivity index (χ4v) is 2.87. The molecule has 2 heterocycles. The summed E-state index contributed by atoms with van der Waals surface area (Å²) in [5.74, 6) is 0.310. The Labute approximate surface area is 126 Å². The second kappa shape index (κ2) is 4.83. The van der Waals surface area contributed by atoms with E-state index in [0.717, 1.165) is 0 Å². The topological polar surface area (TPSA) is 84.5 Å². The lowest BCUT2D eigenvalue weighted by Gasteiger charge is -2.39. The van der Waals surface area contributed by atoms with Gasteiger partial charge in [0.25, 0.3) is 11.6 Å². The second-order valence-corrected chi connectivity index (χ2v) is 5.24. The summed E-state index contributed by atoms with van der Waals surface area (Å²) in [4.78, 5) is 30.9. The van der Waals surface area contributed by atoms with Gasteiger partial charge in [0.2, 0.25) is 0 Å². The van der Waals surface area contributed by atoms with E-state index in [1.807, 2.05) is 0 Å². The van der Waals surface area contributed by atoms with Crippen molar-refractivity contribution in [3.8, 4) is 0 Å². The maximum atomic E-state index is 12.6. The maximum absolute atomic E-state index is 12.6. The first kappa shape index (κ1) is 14.1. The van der Waals surface area contributed by atoms with Gasteiger partial charge >= 0.3 is 0 Å². The van der Waals surface area contributed by atoms with Crippen LogP contribution in [-0.2, 0) is 7.05 Å². The molecule has 1 amide bonds. The molecule has 0 fully saturated rings. The summed E-state index contributed by atoms with van der Waals surface area (Å²) < 4.78 is 1.65. The number of rotatable bonds is 2. The number of fused-ring (bicyclic) bond motifs is 1. The Morgan fingerprint density at radius 1 is 1.18 bits per heavy atom. The molecule has 22 heavy (non-hydrogen) atoms. The molecule has 0 N–H and O–H groups in total. The molecule has 2 aromatic rings. The number of nitro groups is 1. The van der Waals surface area contributed by atoms with Gasteiger partial charge in [0, 0.05) is 27.2 Å². The monoisotopic (exact) mass is 301 g/mol. The molecule has 1 unspecified atom stereocenters. The number of nitro benzene ring substituents is 1. The van der Waals surface area contributed by atoms with Crippen LogP contribution in [0.2, 0.25) is 0 Å². The summed E-state index contributed by atoms with van der Waals surface area (Å²) in [5.41, 5.74) is 0.917. The van der Waals surface area contributed by atoms with Gasteiger partial charge in [-0.3, -0.25) is 14.9 Å². The minimum Gasteiger partial charge on any atom is -0.333 e. The van der Waals surface area contributed by atoms with E-state index in [0.29, 0.717) is 17.1 Å². The molecule has 1 aliphatic rings. The van der Waals surface area contributed by atoms with E-state index in [9.17, 15) is 14.9 Å². The Hall–Kier alpha value is -2.90. The molecule has 1 aromatic carbocycles. The summed E-state index contributed by atoms with van der Waals surface area (Å²) in [7, 11) is 5.16. The molecular formula is C14H15N5O3. The molecule has 0 aliphatic carbocycles. The van der Waals surface area contributed by atoms with Crippen molar-refractivity contribution in [2.45, 2.75) is 6.17 Å². The standard InChI is InChI=1S/C14H15N5O3/c1-16-8-15-12-11(16)14(20)18(3)13(17(12)2)9-6-4-5-7-10(9)19(21)22/h4-8,13H,1-3H3. The predicted molar refractivity (Wildman–Crippen MR) is 79.5 cm³/mol. The van der Waals surface area contributed by atoms with Crippen molar-refractivity contribution in [1.82, 2.24) is 14.5 Å². The molecule has 3 rings (SSSR count). The van der Waals surface area contributed by atoms with Crippen LogP contribution in [0.3, 0.4) is 0 Å². The van der Waals surface area contributed by atoms with Crippen LogP contribution in [-0.4, -0.2) is 39.4 Å². The van der Waals surface area contributed by atoms with Crippen LogP contribution in [0.1, 0.15) is 22.2 Å². The lowest BCUT2D eigenvalue weighted by atomic mass is 10.1. The highest BCUT2D eigenvalue weighted by molar-refractivity contribution is 5.99. The van der Waals surface area contributed by atoms with Crippen LogP contribution in [0.4, 0.5) is 11.5 Å². The number of carbonyl (C=O) groups excluding carboxylic acids is 1. The molecular weight excluding hydrogens is 286 g/mol. The SMILES string of the molecule is CN1C(=O)c2c(ncn2C)N(C)C1c1ccccc1[N+](=O)[O-]. The minimum absolute atomic E-state index is 0.0154. The van der Waals surface area contributed by atoms with Crippen LogP contribution in [0, 0.1) is 10.1 Å². The van der Waals surface area contributed by atoms with E-state index >= 15 is 0 Å². The van der Waals surface area contributed by atoms with E-state index in [-0.39, 0.29) is 11.6 Å². The normalized spacial score (nSPS) is 17.6. The van der Waals surface area contributed by atoms with Crippen LogP contribution in [0.15, 0.2) is 30.6 Å². The van der Waals surface area contributed by atoms with Crippen LogP contribution >= 0.6 is 0 Å². The van der Waals surface area contributed by atoms with Crippen molar-refractivity contribution in [2.75, 3.05) is 19.0 Å². The third kappa shape index (κ3) is 1.84. The van der Waals surface area contributed by atoms with Gasteiger partial charge in [0.1, 0.15) is 6.17 Å². The summed E-state index contributed by atoms with van der Waals surface area (Å²) >= 11 is 0. The van der Waals surface area contributed by atoms with Gasteiger partial charge in [-0.2, -0.15) is 0 Å². The molecule has 8 heteroatoms. The molecule has 1 aliphatic heterocycles. The van der Waals surface area contributed by atoms with Crippen LogP contribution in [0.25, 0.3) is 0 Å². The number of hydrogen-bond donors (Lipinski definition) is 0. The van der Waals surface area contributed by atoms with E-state index in [2.05, 4.69) is 4.98 Å². The van der Waals surface area contributed by atoms with E-state index in [1.165, 1.54) is 11.0 Å². The first-order chi connectivity index (χ1) is 10.4. The quantitative estimate of drug-likeness (QED) is 0.620. The Balaban J connectivity index is 2.17. The second-order valence-electron chi connectivity index (χ2n) is 5.24. The van der Waals surface area contributed by atoms with Crippen molar-refractivity contribution >= 4 is 17.4 Å². The Bertz CT molecular complexity index is 770. The number of aromatic nitrogens is 2. The zero-order chi connectivity index (χ0) is 16.0. The highest BCUT2D eigenvalue weighted by atomic mass is 16.6. The number of carbonyl (C=O) groups is 1. The zero-order valence-electron chi connectivity index (χ0n) is 12.4. The van der Waals surface area contributed by atoms with Gasteiger partial charge in [-0.1, -0.05) is 12.1 Å². The van der Waals surface area contributed by atoms with Crippen LogP contribution in [0.5, 0.6) is 0 Å². The number of para-hydroxylation sites is 1. The molecule has 0 bridgehead atoms. The van der Waals surface area contributed by atoms with Gasteiger partial charge in [0.05, 0.1) is 16.8 Å². The fourth-order valence-electron chi connectivity index (χ4n) is 2.87. The number of amides is 1. The fraction of sp³-hybridized carbons (Fsp3) is 0.286. The summed E-state index contributed by atoms with van der Waals surface area (Å²) in [6.45, 7) is 0. The number of imidazole rings is 1. The minimum atomic E-state index is -0.573. The smallest absolute Gasteiger partial charge is 0.276 e. The first-order valence-electron chi connectivity index (χ1n) is 6.68. The molecule has 0 saturated carbocycles. The zero-order valence-corrected chi connectivity index (χ0v) is 12.4. The molecule has 8 nitrogen and oxygen atoms in total. The van der Waals surface area contributed by atoms with Crippen molar-refractivity contribution < 1.29 is 9.72 Å². The number of aryl methyl sites for hydroxylation is 1. The Morgan fingerprint density at radius 2 is 1.86 bits per heavy atom. The predicted octanol–water partition coefficient (Wildman–Crippen LogP) is 1.55. The molecule has 114 valence electrons. The van der Waals surface area contributed by atoms with Crippen molar-refractivity contribution in [1.29, 1.82) is 0 Å². The average Bonchev–Trinajstić information content (AvgIpc) is 2.88. The van der Waals surface area contributed by atoms with Crippen LogP contribution < -0.4 is 4.90 Å². The Morgan fingerprint density at radius 3 is 2.55 bits per heavy atom. The number of anilines is 1. The Kier molecular flexibility index (Phi) is 3.09. The molecule has 0 spiro atoms. The summed E-state index contributed by atoms with van der Waals surface area (Å²) in [6.07, 6.45) is 0.991. The first-order valence-corrected chi connectivity index (χ1v) is 6.68. The lowest BCUT2D eigenvalue weighted by molar-refractivity contribution is -0.385. The largest absolute Gasteiger partial charge is 0.333 e. The van der Waals surface area contributed by atoms with Gasteiger partial charge in [-0.05, 0) is 6.07 Å². The van der Waals surface area contributed by atoms with Gasteiger partial charge in [0.15, 0.2) is 11.5 Å². The lowest BCUT2D eigenvalue weighted by Crippen LogP contribution is -2.46. The highest BCUT2D eigenvalue weighted by Gasteiger charge is 2.40. The summed E-state index contributed by atoms with van der Waals surface area (Å²) in [6, 6.07) is 6.44. The van der Waals surface area contributed by atoms with E-state index in [1.54, 1.807) is 55.1 Å². The van der Waals surface area contributed by atoms with E-state index < -0.39 is 11.1 Å². The van der Waals surface area contributed by atoms with Gasteiger partial charge in [-0.25, -0.2) is 4.98 Å². The number of nitrogens with zero attached hydrogens (tertiary/aromatic N) is 5. The van der Waals surface area contributed by atoms with Gasteiger partial charge in [-0.15, -0.1) is 0 Å².